The van der Waals surface area contributed by atoms with Crippen molar-refractivity contribution < 1.29 is 21.6 Å². The minimum atomic E-state index is -3.40. The van der Waals surface area contributed by atoms with Crippen LogP contribution in [0.1, 0.15) is 42.6 Å². The Bertz CT molecular complexity index is 1250. The van der Waals surface area contributed by atoms with Crippen LogP contribution in [-0.4, -0.2) is 30.7 Å². The van der Waals surface area contributed by atoms with E-state index in [1.165, 1.54) is 22.6 Å². The number of nitrogens with zero attached hydrogens (tertiary/aromatic N) is 3. The van der Waals surface area contributed by atoms with Crippen LogP contribution < -0.4 is 9.62 Å². The van der Waals surface area contributed by atoms with Gasteiger partial charge in [-0.25, -0.2) is 26.6 Å². The Hall–Kier alpha value is -2.88. The van der Waals surface area contributed by atoms with Gasteiger partial charge in [0.25, 0.3) is 6.43 Å². The topological polar surface area (TPSA) is 75.2 Å². The number of alkyl halides is 2. The number of aryl methyl sites for hydroxylation is 1. The van der Waals surface area contributed by atoms with Crippen LogP contribution in [0.5, 0.6) is 0 Å². The van der Waals surface area contributed by atoms with Gasteiger partial charge in [-0.3, -0.25) is 9.29 Å². The second-order valence-corrected chi connectivity index (χ2v) is 9.54. The number of aromatic nitrogens is 2. The monoisotopic (exact) mass is 450 g/mol. The van der Waals surface area contributed by atoms with Crippen molar-refractivity contribution in [2.45, 2.75) is 32.7 Å². The maximum Gasteiger partial charge on any atom is 0.266 e. The van der Waals surface area contributed by atoms with Crippen molar-refractivity contribution >= 4 is 32.4 Å². The molecule has 0 unspecified atom stereocenters. The van der Waals surface area contributed by atoms with Gasteiger partial charge < -0.3 is 5.32 Å². The van der Waals surface area contributed by atoms with Gasteiger partial charge in [0.05, 0.1) is 29.1 Å². The molecule has 4 rings (SSSR count). The third-order valence-electron chi connectivity index (χ3n) is 5.30. The van der Waals surface area contributed by atoms with Gasteiger partial charge in [0, 0.05) is 28.9 Å². The fourth-order valence-electron chi connectivity index (χ4n) is 3.79. The molecule has 3 heterocycles. The molecule has 2 aromatic heterocycles. The lowest BCUT2D eigenvalue weighted by Crippen LogP contribution is -2.26. The zero-order chi connectivity index (χ0) is 22.3. The van der Waals surface area contributed by atoms with Gasteiger partial charge in [-0.05, 0) is 32.4 Å². The van der Waals surface area contributed by atoms with Gasteiger partial charge in [-0.1, -0.05) is 18.2 Å². The van der Waals surface area contributed by atoms with Crippen LogP contribution >= 0.6 is 0 Å². The minimum absolute atomic E-state index is 0.0702. The van der Waals surface area contributed by atoms with Crippen LogP contribution in [0.25, 0.3) is 10.9 Å². The summed E-state index contributed by atoms with van der Waals surface area (Å²) in [6, 6.07) is 6.67. The summed E-state index contributed by atoms with van der Waals surface area (Å²) in [6.07, 6.45) is -0.887. The van der Waals surface area contributed by atoms with Crippen LogP contribution in [0.3, 0.4) is 0 Å². The highest BCUT2D eigenvalue weighted by Gasteiger charge is 2.29. The molecular weight excluding hydrogens is 429 g/mol. The Morgan fingerprint density at radius 2 is 1.94 bits per heavy atom. The number of hydrogen-bond acceptors (Lipinski definition) is 5. The fourth-order valence-corrected chi connectivity index (χ4v) is 5.29. The summed E-state index contributed by atoms with van der Waals surface area (Å²) in [6.45, 7) is 3.80. The number of fused-ring (bicyclic) bond motifs is 1. The number of nitrogens with one attached hydrogen (secondary N) is 1. The standard InChI is InChI=1S/C21H21F3N4O2S/c1-12-9-17(27-13(2)14-5-3-6-15(20(14)22)21(23)24)16-10-19(25-11-18(16)26-12)28-7-4-8-31(28,29)30/h3,5-6,9-11,13,21H,4,7-8H2,1-2H3,(H,26,27)/t13-/m1/s1. The minimum Gasteiger partial charge on any atom is -0.378 e. The predicted octanol–water partition coefficient (Wildman–Crippen LogP) is 4.73. The van der Waals surface area contributed by atoms with E-state index in [1.807, 2.05) is 0 Å². The second kappa shape index (κ2) is 7.99. The van der Waals surface area contributed by atoms with Crippen LogP contribution in [-0.2, 0) is 10.0 Å². The Morgan fingerprint density at radius 1 is 1.19 bits per heavy atom. The van der Waals surface area contributed by atoms with Crippen LogP contribution in [0, 0.1) is 12.7 Å². The maximum absolute atomic E-state index is 14.6. The highest BCUT2D eigenvalue weighted by atomic mass is 32.2. The van der Waals surface area contributed by atoms with E-state index in [4.69, 9.17) is 0 Å². The molecule has 0 radical (unpaired) electrons. The number of anilines is 2. The van der Waals surface area contributed by atoms with Gasteiger partial charge in [0.1, 0.15) is 11.6 Å². The molecule has 31 heavy (non-hydrogen) atoms. The van der Waals surface area contributed by atoms with Crippen molar-refractivity contribution in [3.63, 3.8) is 0 Å². The Labute approximate surface area is 178 Å². The van der Waals surface area contributed by atoms with Crippen molar-refractivity contribution in [3.8, 4) is 0 Å². The number of halogens is 3. The molecule has 0 spiro atoms. The lowest BCUT2D eigenvalue weighted by atomic mass is 10.0. The molecule has 164 valence electrons. The first-order valence-electron chi connectivity index (χ1n) is 9.78. The summed E-state index contributed by atoms with van der Waals surface area (Å²) in [5.74, 6) is -0.587. The van der Waals surface area contributed by atoms with Crippen molar-refractivity contribution in [1.82, 2.24) is 9.97 Å². The van der Waals surface area contributed by atoms with Gasteiger partial charge >= 0.3 is 0 Å². The summed E-state index contributed by atoms with van der Waals surface area (Å²) in [5, 5.41) is 3.77. The molecule has 6 nitrogen and oxygen atoms in total. The number of sulfonamides is 1. The zero-order valence-corrected chi connectivity index (χ0v) is 17.8. The number of hydrogen-bond donors (Lipinski definition) is 1. The Balaban J connectivity index is 1.75. The summed E-state index contributed by atoms with van der Waals surface area (Å²) < 4.78 is 66.6. The van der Waals surface area contributed by atoms with Gasteiger partial charge in [0.15, 0.2) is 0 Å². The van der Waals surface area contributed by atoms with E-state index in [-0.39, 0.29) is 17.1 Å². The average Bonchev–Trinajstić information content (AvgIpc) is 3.06. The summed E-state index contributed by atoms with van der Waals surface area (Å²) in [4.78, 5) is 8.69. The molecule has 1 aliphatic heterocycles. The van der Waals surface area contributed by atoms with E-state index < -0.39 is 33.9 Å². The van der Waals surface area contributed by atoms with Gasteiger partial charge in [0.2, 0.25) is 10.0 Å². The summed E-state index contributed by atoms with van der Waals surface area (Å²) in [7, 11) is -3.40. The second-order valence-electron chi connectivity index (χ2n) is 7.53. The molecule has 1 saturated heterocycles. The van der Waals surface area contributed by atoms with E-state index in [0.29, 0.717) is 35.2 Å². The van der Waals surface area contributed by atoms with E-state index in [1.54, 1.807) is 26.0 Å². The van der Waals surface area contributed by atoms with E-state index in [0.717, 1.165) is 6.07 Å². The molecule has 3 aromatic rings. The van der Waals surface area contributed by atoms with Crippen molar-refractivity contribution in [2.75, 3.05) is 21.9 Å². The van der Waals surface area contributed by atoms with Crippen LogP contribution in [0.2, 0.25) is 0 Å². The number of benzene rings is 1. The summed E-state index contributed by atoms with van der Waals surface area (Å²) >= 11 is 0. The van der Waals surface area contributed by atoms with Crippen molar-refractivity contribution in [1.29, 1.82) is 0 Å². The zero-order valence-electron chi connectivity index (χ0n) is 16.9. The molecule has 1 fully saturated rings. The first kappa shape index (κ1) is 21.4. The molecule has 0 bridgehead atoms. The van der Waals surface area contributed by atoms with Crippen molar-refractivity contribution in [2.24, 2.45) is 0 Å². The Morgan fingerprint density at radius 3 is 2.61 bits per heavy atom. The molecule has 0 saturated carbocycles. The number of rotatable bonds is 5. The largest absolute Gasteiger partial charge is 0.378 e. The predicted molar refractivity (Wildman–Crippen MR) is 113 cm³/mol. The van der Waals surface area contributed by atoms with E-state index >= 15 is 0 Å². The van der Waals surface area contributed by atoms with Crippen LogP contribution in [0.15, 0.2) is 36.5 Å². The quantitative estimate of drug-likeness (QED) is 0.608. The first-order valence-corrected chi connectivity index (χ1v) is 11.4. The first-order chi connectivity index (χ1) is 14.7. The maximum atomic E-state index is 14.6. The average molecular weight is 450 g/mol. The summed E-state index contributed by atoms with van der Waals surface area (Å²) in [5.41, 5.74) is 1.26. The number of pyridine rings is 2. The van der Waals surface area contributed by atoms with Crippen molar-refractivity contribution in [3.05, 3.63) is 59.2 Å². The normalized spacial score (nSPS) is 16.8. The molecule has 1 N–H and O–H groups in total. The smallest absolute Gasteiger partial charge is 0.266 e. The lowest BCUT2D eigenvalue weighted by molar-refractivity contribution is 0.146. The van der Waals surface area contributed by atoms with Crippen LogP contribution in [0.4, 0.5) is 24.7 Å². The SMILES string of the molecule is Cc1cc(N[C@H](C)c2cccc(C(F)F)c2F)c2cc(N3CCCS3(=O)=O)ncc2n1. The lowest BCUT2D eigenvalue weighted by Gasteiger charge is -2.21. The molecule has 0 amide bonds. The highest BCUT2D eigenvalue weighted by molar-refractivity contribution is 7.93. The molecule has 1 atom stereocenters. The van der Waals surface area contributed by atoms with E-state index in [9.17, 15) is 21.6 Å². The van der Waals surface area contributed by atoms with Gasteiger partial charge in [-0.2, -0.15) is 0 Å². The van der Waals surface area contributed by atoms with E-state index in [2.05, 4.69) is 15.3 Å². The molecule has 1 aliphatic rings. The molecular formula is C21H21F3N4O2S. The highest BCUT2D eigenvalue weighted by Crippen LogP contribution is 2.33. The fraction of sp³-hybridized carbons (Fsp3) is 0.333. The third kappa shape index (κ3) is 4.04. The molecule has 10 heteroatoms. The molecule has 1 aromatic carbocycles. The van der Waals surface area contributed by atoms with Gasteiger partial charge in [-0.15, -0.1) is 0 Å². The third-order valence-corrected chi connectivity index (χ3v) is 7.14. The molecule has 0 aliphatic carbocycles. The Kier molecular flexibility index (Phi) is 5.50.